The number of benzene rings is 1. The van der Waals surface area contributed by atoms with Crippen molar-refractivity contribution in [2.45, 2.75) is 26.2 Å². The maximum absolute atomic E-state index is 13.1. The largest absolute Gasteiger partial charge is 0.487 e. The van der Waals surface area contributed by atoms with Crippen LogP contribution < -0.4 is 5.73 Å². The van der Waals surface area contributed by atoms with Crippen molar-refractivity contribution in [3.63, 3.8) is 0 Å². The van der Waals surface area contributed by atoms with Crippen LogP contribution >= 0.6 is 23.8 Å². The van der Waals surface area contributed by atoms with Gasteiger partial charge < -0.3 is 10.5 Å². The van der Waals surface area contributed by atoms with E-state index in [1.807, 2.05) is 0 Å². The van der Waals surface area contributed by atoms with Gasteiger partial charge in [-0.2, -0.15) is 0 Å². The van der Waals surface area contributed by atoms with Crippen LogP contribution in [-0.2, 0) is 11.2 Å². The van der Waals surface area contributed by atoms with Crippen molar-refractivity contribution in [3.05, 3.63) is 28.5 Å². The fourth-order valence-corrected chi connectivity index (χ4v) is 1.74. The van der Waals surface area contributed by atoms with Gasteiger partial charge in [-0.1, -0.05) is 24.9 Å². The second-order valence-electron chi connectivity index (χ2n) is 3.72. The molecule has 2 N–H and O–H groups in total. The van der Waals surface area contributed by atoms with Gasteiger partial charge in [0.1, 0.15) is 5.82 Å². The molecule has 0 heterocycles. The van der Waals surface area contributed by atoms with Gasteiger partial charge in [-0.3, -0.25) is 0 Å². The minimum Gasteiger partial charge on any atom is -0.487 e. The number of unbranched alkanes of at least 4 members (excludes halogenated alkanes) is 1. The standard InChI is InChI=1S/C12H15ClFNOS/c1-2-3-4-16-12(17)6-8-5-11(15)10(14)7-9(8)13/h5,7H,2-4,6,15H2,1H3. The Morgan fingerprint density at radius 2 is 2.24 bits per heavy atom. The second-order valence-corrected chi connectivity index (χ2v) is 4.58. The first-order chi connectivity index (χ1) is 8.04. The van der Waals surface area contributed by atoms with Gasteiger partial charge in [0.2, 0.25) is 0 Å². The number of hydrogen-bond donors (Lipinski definition) is 1. The zero-order chi connectivity index (χ0) is 12.8. The third kappa shape index (κ3) is 4.48. The number of ether oxygens (including phenoxy) is 1. The van der Waals surface area contributed by atoms with Crippen molar-refractivity contribution >= 4 is 34.6 Å². The lowest BCUT2D eigenvalue weighted by Crippen LogP contribution is -2.08. The highest BCUT2D eigenvalue weighted by atomic mass is 35.5. The van der Waals surface area contributed by atoms with Crippen LogP contribution in [0.25, 0.3) is 0 Å². The van der Waals surface area contributed by atoms with Gasteiger partial charge in [0.05, 0.1) is 12.3 Å². The first-order valence-corrected chi connectivity index (χ1v) is 6.22. The molecule has 0 aliphatic heterocycles. The summed E-state index contributed by atoms with van der Waals surface area (Å²) in [4.78, 5) is 0. The molecule has 0 fully saturated rings. The fraction of sp³-hybridized carbons (Fsp3) is 0.417. The third-order valence-electron chi connectivity index (χ3n) is 2.26. The van der Waals surface area contributed by atoms with Gasteiger partial charge in [-0.15, -0.1) is 0 Å². The Kier molecular flexibility index (Phi) is 5.65. The van der Waals surface area contributed by atoms with Gasteiger partial charge in [-0.05, 0) is 36.3 Å². The average Bonchev–Trinajstić information content (AvgIpc) is 2.26. The molecule has 0 spiro atoms. The van der Waals surface area contributed by atoms with E-state index in [1.54, 1.807) is 0 Å². The number of rotatable bonds is 5. The molecule has 94 valence electrons. The summed E-state index contributed by atoms with van der Waals surface area (Å²) < 4.78 is 18.4. The van der Waals surface area contributed by atoms with E-state index in [0.29, 0.717) is 28.7 Å². The average molecular weight is 276 g/mol. The minimum absolute atomic E-state index is 0.0701. The van der Waals surface area contributed by atoms with Gasteiger partial charge in [0.15, 0.2) is 5.05 Å². The van der Waals surface area contributed by atoms with E-state index in [0.717, 1.165) is 12.8 Å². The van der Waals surface area contributed by atoms with Crippen LogP contribution in [0.5, 0.6) is 0 Å². The van der Waals surface area contributed by atoms with E-state index in [4.69, 9.17) is 34.3 Å². The molecule has 0 aliphatic carbocycles. The van der Waals surface area contributed by atoms with Gasteiger partial charge >= 0.3 is 0 Å². The van der Waals surface area contributed by atoms with Crippen molar-refractivity contribution in [2.75, 3.05) is 12.3 Å². The van der Waals surface area contributed by atoms with Crippen LogP contribution in [0.3, 0.4) is 0 Å². The predicted octanol–water partition coefficient (Wildman–Crippen LogP) is 3.75. The van der Waals surface area contributed by atoms with Crippen LogP contribution in [0.15, 0.2) is 12.1 Å². The highest BCUT2D eigenvalue weighted by Gasteiger charge is 2.09. The summed E-state index contributed by atoms with van der Waals surface area (Å²) in [5, 5.41) is 0.768. The van der Waals surface area contributed by atoms with Crippen LogP contribution in [0.1, 0.15) is 25.3 Å². The SMILES string of the molecule is CCCCOC(=S)Cc1cc(N)c(F)cc1Cl. The molecule has 0 amide bonds. The molecule has 0 unspecified atom stereocenters. The molecule has 1 rings (SSSR count). The van der Waals surface area contributed by atoms with E-state index in [2.05, 4.69) is 6.92 Å². The Bertz CT molecular complexity index is 412. The van der Waals surface area contributed by atoms with Gasteiger partial charge in [0.25, 0.3) is 0 Å². The summed E-state index contributed by atoms with van der Waals surface area (Å²) in [5.74, 6) is -0.517. The Labute approximate surface area is 111 Å². The Morgan fingerprint density at radius 1 is 1.53 bits per heavy atom. The molecule has 1 aromatic carbocycles. The lowest BCUT2D eigenvalue weighted by molar-refractivity contribution is 0.299. The maximum Gasteiger partial charge on any atom is 0.164 e. The van der Waals surface area contributed by atoms with E-state index in [1.165, 1.54) is 12.1 Å². The summed E-state index contributed by atoms with van der Waals surface area (Å²) in [6, 6.07) is 2.69. The fourth-order valence-electron chi connectivity index (χ4n) is 1.29. The van der Waals surface area contributed by atoms with Crippen LogP contribution in [0.2, 0.25) is 5.02 Å². The Hall–Kier alpha value is -0.870. The zero-order valence-corrected chi connectivity index (χ0v) is 11.2. The van der Waals surface area contributed by atoms with Gasteiger partial charge in [-0.25, -0.2) is 4.39 Å². The number of nitrogens with two attached hydrogens (primary N) is 1. The molecule has 0 radical (unpaired) electrons. The number of halogens is 2. The van der Waals surface area contributed by atoms with E-state index in [9.17, 15) is 4.39 Å². The van der Waals surface area contributed by atoms with E-state index < -0.39 is 5.82 Å². The number of thiocarbonyl (C=S) groups is 1. The maximum atomic E-state index is 13.1. The molecule has 5 heteroatoms. The summed E-state index contributed by atoms with van der Waals surface area (Å²) in [6.45, 7) is 2.67. The highest BCUT2D eigenvalue weighted by molar-refractivity contribution is 7.80. The molecule has 17 heavy (non-hydrogen) atoms. The van der Waals surface area contributed by atoms with Gasteiger partial charge in [0, 0.05) is 11.4 Å². The smallest absolute Gasteiger partial charge is 0.164 e. The molecule has 1 aromatic rings. The molecule has 0 bridgehead atoms. The molecule has 2 nitrogen and oxygen atoms in total. The first kappa shape index (κ1) is 14.2. The quantitative estimate of drug-likeness (QED) is 0.505. The van der Waals surface area contributed by atoms with Crippen molar-refractivity contribution < 1.29 is 9.13 Å². The second kappa shape index (κ2) is 6.77. The third-order valence-corrected chi connectivity index (χ3v) is 2.88. The Morgan fingerprint density at radius 3 is 2.88 bits per heavy atom. The highest BCUT2D eigenvalue weighted by Crippen LogP contribution is 2.23. The topological polar surface area (TPSA) is 35.2 Å². The molecular formula is C12H15ClFNOS. The summed E-state index contributed by atoms with van der Waals surface area (Å²) in [6.07, 6.45) is 2.38. The lowest BCUT2D eigenvalue weighted by atomic mass is 10.1. The van der Waals surface area contributed by atoms with Crippen molar-refractivity contribution in [2.24, 2.45) is 0 Å². The Balaban J connectivity index is 2.62. The number of nitrogen functional groups attached to an aromatic ring is 1. The van der Waals surface area contributed by atoms with Crippen molar-refractivity contribution in [1.29, 1.82) is 0 Å². The predicted molar refractivity (Wildman–Crippen MR) is 73.0 cm³/mol. The molecule has 0 atom stereocenters. The minimum atomic E-state index is -0.517. The first-order valence-electron chi connectivity index (χ1n) is 5.43. The summed E-state index contributed by atoms with van der Waals surface area (Å²) in [7, 11) is 0. The number of hydrogen-bond acceptors (Lipinski definition) is 3. The lowest BCUT2D eigenvalue weighted by Gasteiger charge is -2.09. The van der Waals surface area contributed by atoms with Crippen LogP contribution in [0, 0.1) is 5.82 Å². The van der Waals surface area contributed by atoms with E-state index >= 15 is 0 Å². The molecule has 0 aliphatic rings. The molecule has 0 aromatic heterocycles. The van der Waals surface area contributed by atoms with Crippen LogP contribution in [0.4, 0.5) is 10.1 Å². The van der Waals surface area contributed by atoms with Crippen LogP contribution in [-0.4, -0.2) is 11.7 Å². The summed E-state index contributed by atoms with van der Waals surface area (Å²) in [5.41, 5.74) is 6.23. The van der Waals surface area contributed by atoms with Crippen molar-refractivity contribution in [1.82, 2.24) is 0 Å². The van der Waals surface area contributed by atoms with E-state index in [-0.39, 0.29) is 5.69 Å². The zero-order valence-electron chi connectivity index (χ0n) is 9.63. The molecular weight excluding hydrogens is 261 g/mol. The summed E-state index contributed by atoms with van der Waals surface area (Å²) >= 11 is 11.0. The number of anilines is 1. The monoisotopic (exact) mass is 275 g/mol. The van der Waals surface area contributed by atoms with Crippen molar-refractivity contribution in [3.8, 4) is 0 Å². The molecule has 0 saturated heterocycles. The molecule has 0 saturated carbocycles. The normalized spacial score (nSPS) is 10.3.